The van der Waals surface area contributed by atoms with E-state index in [0.29, 0.717) is 16.3 Å². The van der Waals surface area contributed by atoms with Crippen LogP contribution in [-0.2, 0) is 4.79 Å². The number of nitro groups is 1. The van der Waals surface area contributed by atoms with Crippen LogP contribution in [0.3, 0.4) is 0 Å². The molecule has 1 aromatic rings. The van der Waals surface area contributed by atoms with Crippen molar-refractivity contribution in [2.24, 2.45) is 0 Å². The summed E-state index contributed by atoms with van der Waals surface area (Å²) in [7, 11) is 0. The summed E-state index contributed by atoms with van der Waals surface area (Å²) in [6.45, 7) is 1.47. The second-order valence-corrected chi connectivity index (χ2v) is 4.74. The zero-order valence-corrected chi connectivity index (χ0v) is 10.6. The fourth-order valence-electron chi connectivity index (χ4n) is 1.18. The lowest BCUT2D eigenvalue weighted by Gasteiger charge is -1.99. The molecule has 0 spiro atoms. The van der Waals surface area contributed by atoms with Crippen LogP contribution < -0.4 is 0 Å². The first kappa shape index (κ1) is 13.7. The SMILES string of the molecule is CC(=O)SCC=Cc1c(Cl)cccc1[N+](=O)[O-]. The molecule has 0 N–H and O–H groups in total. The van der Waals surface area contributed by atoms with Gasteiger partial charge in [0.1, 0.15) is 0 Å². The molecule has 0 bridgehead atoms. The molecular weight excluding hydrogens is 262 g/mol. The summed E-state index contributed by atoms with van der Waals surface area (Å²) in [5, 5.41) is 11.1. The number of rotatable bonds is 4. The Labute approximate surface area is 108 Å². The first-order valence-corrected chi connectivity index (χ1v) is 6.11. The van der Waals surface area contributed by atoms with Gasteiger partial charge in [-0.15, -0.1) is 0 Å². The number of hydrogen-bond acceptors (Lipinski definition) is 4. The minimum absolute atomic E-state index is 0.00306. The van der Waals surface area contributed by atoms with Gasteiger partial charge in [0.25, 0.3) is 5.69 Å². The van der Waals surface area contributed by atoms with Gasteiger partial charge in [0.15, 0.2) is 5.12 Å². The van der Waals surface area contributed by atoms with Gasteiger partial charge in [0, 0.05) is 18.7 Å². The summed E-state index contributed by atoms with van der Waals surface area (Å²) in [4.78, 5) is 21.0. The zero-order chi connectivity index (χ0) is 12.8. The average molecular weight is 272 g/mol. The lowest BCUT2D eigenvalue weighted by molar-refractivity contribution is -0.385. The predicted molar refractivity (Wildman–Crippen MR) is 70.3 cm³/mol. The Morgan fingerprint density at radius 3 is 2.88 bits per heavy atom. The Bertz CT molecular complexity index is 474. The Kier molecular flexibility index (Phi) is 5.18. The normalized spacial score (nSPS) is 10.7. The van der Waals surface area contributed by atoms with E-state index in [0.717, 1.165) is 11.8 Å². The molecule has 0 saturated heterocycles. The molecule has 0 unspecified atom stereocenters. The number of carbonyl (C=O) groups excluding carboxylic acids is 1. The van der Waals surface area contributed by atoms with E-state index in [1.54, 1.807) is 18.2 Å². The Hall–Kier alpha value is -1.33. The molecule has 0 aliphatic carbocycles. The average Bonchev–Trinajstić information content (AvgIpc) is 2.25. The molecule has 0 aromatic heterocycles. The van der Waals surface area contributed by atoms with Crippen molar-refractivity contribution < 1.29 is 9.72 Å². The number of nitro benzene ring substituents is 1. The molecular formula is C11H10ClNO3S. The third-order valence-corrected chi connectivity index (χ3v) is 2.99. The Balaban J connectivity index is 2.89. The van der Waals surface area contributed by atoms with Gasteiger partial charge in [-0.3, -0.25) is 14.9 Å². The van der Waals surface area contributed by atoms with Crippen molar-refractivity contribution in [2.45, 2.75) is 6.92 Å². The van der Waals surface area contributed by atoms with Crippen molar-refractivity contribution in [3.05, 3.63) is 45.0 Å². The standard InChI is InChI=1S/C11H10ClNO3S/c1-8(14)17-7-3-4-9-10(12)5-2-6-11(9)13(15)16/h2-6H,7H2,1H3. The maximum absolute atomic E-state index is 10.8. The van der Waals surface area contributed by atoms with E-state index in [2.05, 4.69) is 0 Å². The van der Waals surface area contributed by atoms with Gasteiger partial charge in [-0.2, -0.15) is 0 Å². The van der Waals surface area contributed by atoms with Crippen LogP contribution in [0.5, 0.6) is 0 Å². The van der Waals surface area contributed by atoms with Gasteiger partial charge < -0.3 is 0 Å². The summed E-state index contributed by atoms with van der Waals surface area (Å²) < 4.78 is 0. The van der Waals surface area contributed by atoms with Crippen molar-refractivity contribution in [1.82, 2.24) is 0 Å². The Morgan fingerprint density at radius 2 is 2.29 bits per heavy atom. The highest BCUT2D eigenvalue weighted by Crippen LogP contribution is 2.27. The number of benzene rings is 1. The van der Waals surface area contributed by atoms with Crippen molar-refractivity contribution in [3.63, 3.8) is 0 Å². The number of thioether (sulfide) groups is 1. The van der Waals surface area contributed by atoms with Crippen molar-refractivity contribution in [2.75, 3.05) is 5.75 Å². The smallest absolute Gasteiger partial charge is 0.278 e. The molecule has 4 nitrogen and oxygen atoms in total. The molecule has 0 atom stereocenters. The lowest BCUT2D eigenvalue weighted by atomic mass is 10.1. The molecule has 1 aromatic carbocycles. The van der Waals surface area contributed by atoms with E-state index >= 15 is 0 Å². The van der Waals surface area contributed by atoms with Gasteiger partial charge >= 0.3 is 0 Å². The quantitative estimate of drug-likeness (QED) is 0.621. The fraction of sp³-hybridized carbons (Fsp3) is 0.182. The van der Waals surface area contributed by atoms with E-state index in [1.165, 1.54) is 19.1 Å². The van der Waals surface area contributed by atoms with Gasteiger partial charge in [-0.25, -0.2) is 0 Å². The maximum Gasteiger partial charge on any atom is 0.278 e. The highest BCUT2D eigenvalue weighted by atomic mass is 35.5. The number of halogens is 1. The van der Waals surface area contributed by atoms with E-state index < -0.39 is 4.92 Å². The van der Waals surface area contributed by atoms with Crippen LogP contribution in [0, 0.1) is 10.1 Å². The van der Waals surface area contributed by atoms with E-state index in [-0.39, 0.29) is 10.8 Å². The molecule has 0 amide bonds. The third-order valence-electron chi connectivity index (χ3n) is 1.89. The molecule has 0 saturated carbocycles. The second-order valence-electron chi connectivity index (χ2n) is 3.13. The zero-order valence-electron chi connectivity index (χ0n) is 9.05. The molecule has 1 rings (SSSR count). The second kappa shape index (κ2) is 6.42. The molecule has 0 radical (unpaired) electrons. The third kappa shape index (κ3) is 4.20. The summed E-state index contributed by atoms with van der Waals surface area (Å²) in [6.07, 6.45) is 3.25. The van der Waals surface area contributed by atoms with Crippen LogP contribution in [0.25, 0.3) is 6.08 Å². The van der Waals surface area contributed by atoms with Crippen LogP contribution in [-0.4, -0.2) is 15.8 Å². The Morgan fingerprint density at radius 1 is 1.59 bits per heavy atom. The first-order chi connectivity index (χ1) is 8.02. The molecule has 0 fully saturated rings. The summed E-state index contributed by atoms with van der Waals surface area (Å²) >= 11 is 7.02. The maximum atomic E-state index is 10.8. The van der Waals surface area contributed by atoms with Crippen LogP contribution in [0.4, 0.5) is 5.69 Å². The highest BCUT2D eigenvalue weighted by Gasteiger charge is 2.13. The number of carbonyl (C=O) groups is 1. The first-order valence-electron chi connectivity index (χ1n) is 4.75. The predicted octanol–water partition coefficient (Wildman–Crippen LogP) is 3.54. The van der Waals surface area contributed by atoms with E-state index in [4.69, 9.17) is 11.6 Å². The van der Waals surface area contributed by atoms with Crippen LogP contribution in [0.1, 0.15) is 12.5 Å². The van der Waals surface area contributed by atoms with Gasteiger partial charge in [-0.05, 0) is 12.1 Å². The minimum Gasteiger partial charge on any atom is -0.288 e. The van der Waals surface area contributed by atoms with Crippen LogP contribution in [0.15, 0.2) is 24.3 Å². The summed E-state index contributed by atoms with van der Waals surface area (Å²) in [5.74, 6) is 0.470. The van der Waals surface area contributed by atoms with Crippen molar-refractivity contribution in [3.8, 4) is 0 Å². The molecule has 0 aliphatic heterocycles. The van der Waals surface area contributed by atoms with E-state index in [1.807, 2.05) is 0 Å². The van der Waals surface area contributed by atoms with E-state index in [9.17, 15) is 14.9 Å². The molecule has 17 heavy (non-hydrogen) atoms. The highest BCUT2D eigenvalue weighted by molar-refractivity contribution is 8.13. The lowest BCUT2D eigenvalue weighted by Crippen LogP contribution is -1.92. The van der Waals surface area contributed by atoms with Gasteiger partial charge in [-0.1, -0.05) is 35.5 Å². The van der Waals surface area contributed by atoms with Gasteiger partial charge in [0.05, 0.1) is 15.5 Å². The fourth-order valence-corrected chi connectivity index (χ4v) is 1.84. The number of hydrogen-bond donors (Lipinski definition) is 0. The topological polar surface area (TPSA) is 60.2 Å². The summed E-state index contributed by atoms with van der Waals surface area (Å²) in [5.41, 5.74) is 0.324. The summed E-state index contributed by atoms with van der Waals surface area (Å²) in [6, 6.07) is 4.51. The van der Waals surface area contributed by atoms with Crippen LogP contribution >= 0.6 is 23.4 Å². The molecule has 90 valence electrons. The number of nitrogens with zero attached hydrogens (tertiary/aromatic N) is 1. The van der Waals surface area contributed by atoms with Gasteiger partial charge in [0.2, 0.25) is 0 Å². The molecule has 0 aliphatic rings. The van der Waals surface area contributed by atoms with Crippen molar-refractivity contribution >= 4 is 40.2 Å². The largest absolute Gasteiger partial charge is 0.288 e. The monoisotopic (exact) mass is 271 g/mol. The van der Waals surface area contributed by atoms with Crippen molar-refractivity contribution in [1.29, 1.82) is 0 Å². The van der Waals surface area contributed by atoms with Crippen LogP contribution in [0.2, 0.25) is 5.02 Å². The minimum atomic E-state index is -0.482. The molecule has 0 heterocycles. The molecule has 6 heteroatoms.